The maximum Gasteiger partial charge on any atom is 0.280 e. The number of hydrogen-bond acceptors (Lipinski definition) is 5. The zero-order valence-electron chi connectivity index (χ0n) is 10.6. The van der Waals surface area contributed by atoms with Gasteiger partial charge in [-0.15, -0.1) is 0 Å². The fraction of sp³-hybridized carbons (Fsp3) is 0.308. The molecule has 1 amide bonds. The summed E-state index contributed by atoms with van der Waals surface area (Å²) >= 11 is 3.46. The van der Waals surface area contributed by atoms with Crippen molar-refractivity contribution in [3.8, 4) is 0 Å². The van der Waals surface area contributed by atoms with Crippen LogP contribution in [-0.2, 0) is 0 Å². The zero-order chi connectivity index (χ0) is 14.1. The van der Waals surface area contributed by atoms with Crippen LogP contribution in [0.5, 0.6) is 0 Å². The second-order valence-electron chi connectivity index (χ2n) is 4.71. The van der Waals surface area contributed by atoms with Crippen LogP contribution in [0.2, 0.25) is 0 Å². The number of aromatic nitrogens is 2. The van der Waals surface area contributed by atoms with Crippen molar-refractivity contribution in [3.63, 3.8) is 0 Å². The molecule has 0 spiro atoms. The summed E-state index contributed by atoms with van der Waals surface area (Å²) in [6.45, 7) is 0.683. The fourth-order valence-corrected chi connectivity index (χ4v) is 2.97. The number of amides is 1. The highest BCUT2D eigenvalue weighted by Gasteiger charge is 2.33. The number of rotatable bonds is 2. The molecular formula is C13H13BrN4O2. The van der Waals surface area contributed by atoms with Crippen LogP contribution in [-0.4, -0.2) is 27.7 Å². The smallest absolute Gasteiger partial charge is 0.280 e. The minimum Gasteiger partial charge on any atom is -0.379 e. The Labute approximate surface area is 124 Å². The first-order chi connectivity index (χ1) is 9.66. The molecule has 6 nitrogen and oxygen atoms in total. The monoisotopic (exact) mass is 336 g/mol. The normalized spacial score (nSPS) is 18.4. The van der Waals surface area contributed by atoms with Gasteiger partial charge in [0.25, 0.3) is 5.91 Å². The number of likely N-dealkylation sites (tertiary alicyclic amines) is 1. The molecule has 104 valence electrons. The predicted molar refractivity (Wildman–Crippen MR) is 75.9 cm³/mol. The van der Waals surface area contributed by atoms with Gasteiger partial charge in [-0.3, -0.25) is 4.79 Å². The lowest BCUT2D eigenvalue weighted by Gasteiger charge is -2.24. The third-order valence-corrected chi connectivity index (χ3v) is 3.96. The van der Waals surface area contributed by atoms with Crippen LogP contribution < -0.4 is 5.73 Å². The van der Waals surface area contributed by atoms with Crippen molar-refractivity contribution in [2.75, 3.05) is 12.3 Å². The van der Waals surface area contributed by atoms with Gasteiger partial charge in [-0.2, -0.15) is 0 Å². The van der Waals surface area contributed by atoms with Gasteiger partial charge in [-0.05, 0) is 40.9 Å². The minimum atomic E-state index is -0.230. The molecule has 0 aliphatic carbocycles. The highest BCUT2D eigenvalue weighted by Crippen LogP contribution is 2.34. The molecule has 1 atom stereocenters. The van der Waals surface area contributed by atoms with Gasteiger partial charge in [0.15, 0.2) is 0 Å². The lowest BCUT2D eigenvalue weighted by molar-refractivity contribution is 0.0725. The lowest BCUT2D eigenvalue weighted by Crippen LogP contribution is -2.31. The van der Waals surface area contributed by atoms with E-state index >= 15 is 0 Å². The Hall–Kier alpha value is -1.89. The summed E-state index contributed by atoms with van der Waals surface area (Å²) in [5, 5.41) is 7.05. The molecule has 1 unspecified atom stereocenters. The Morgan fingerprint density at radius 2 is 2.30 bits per heavy atom. The Morgan fingerprint density at radius 1 is 1.45 bits per heavy atom. The number of nitrogens with zero attached hydrogens (tertiary/aromatic N) is 3. The molecule has 20 heavy (non-hydrogen) atoms. The molecule has 2 N–H and O–H groups in total. The number of carbonyl (C=O) groups is 1. The van der Waals surface area contributed by atoms with E-state index in [0.717, 1.165) is 22.9 Å². The van der Waals surface area contributed by atoms with Crippen molar-refractivity contribution in [3.05, 3.63) is 40.0 Å². The van der Waals surface area contributed by atoms with Gasteiger partial charge in [-0.25, -0.2) is 4.63 Å². The third kappa shape index (κ3) is 2.29. The van der Waals surface area contributed by atoms with Crippen molar-refractivity contribution in [1.29, 1.82) is 0 Å². The molecule has 3 rings (SSSR count). The lowest BCUT2D eigenvalue weighted by atomic mass is 10.0. The van der Waals surface area contributed by atoms with Crippen molar-refractivity contribution in [2.45, 2.75) is 18.9 Å². The Kier molecular flexibility index (Phi) is 3.43. The third-order valence-electron chi connectivity index (χ3n) is 3.46. The zero-order valence-corrected chi connectivity index (χ0v) is 12.2. The highest BCUT2D eigenvalue weighted by atomic mass is 79.9. The molecule has 1 fully saturated rings. The Morgan fingerprint density at radius 3 is 3.00 bits per heavy atom. The molecule has 7 heteroatoms. The van der Waals surface area contributed by atoms with Crippen LogP contribution in [0, 0.1) is 0 Å². The van der Waals surface area contributed by atoms with Gasteiger partial charge in [-0.1, -0.05) is 28.1 Å². The molecule has 1 saturated heterocycles. The van der Waals surface area contributed by atoms with Crippen molar-refractivity contribution >= 4 is 27.7 Å². The van der Waals surface area contributed by atoms with Crippen LogP contribution in [0.4, 0.5) is 5.82 Å². The summed E-state index contributed by atoms with van der Waals surface area (Å²) in [5.41, 5.74) is 6.78. The van der Waals surface area contributed by atoms with E-state index in [1.165, 1.54) is 0 Å². The van der Waals surface area contributed by atoms with E-state index in [2.05, 4.69) is 30.9 Å². The molecule has 0 bridgehead atoms. The van der Waals surface area contributed by atoms with Crippen LogP contribution in [0.3, 0.4) is 0 Å². The average molecular weight is 337 g/mol. The van der Waals surface area contributed by atoms with Gasteiger partial charge in [0.1, 0.15) is 0 Å². The summed E-state index contributed by atoms with van der Waals surface area (Å²) in [6, 6.07) is 8.01. The number of anilines is 1. The second-order valence-corrected chi connectivity index (χ2v) is 5.63. The van der Waals surface area contributed by atoms with Crippen molar-refractivity contribution in [1.82, 2.24) is 15.2 Å². The van der Waals surface area contributed by atoms with E-state index in [1.54, 1.807) is 4.90 Å². The second kappa shape index (κ2) is 5.24. The van der Waals surface area contributed by atoms with E-state index in [1.807, 2.05) is 24.3 Å². The molecule has 2 heterocycles. The minimum absolute atomic E-state index is 0.0369. The van der Waals surface area contributed by atoms with Gasteiger partial charge in [0.2, 0.25) is 11.5 Å². The summed E-state index contributed by atoms with van der Waals surface area (Å²) in [5.74, 6) is -0.193. The van der Waals surface area contributed by atoms with Crippen molar-refractivity contribution < 1.29 is 9.42 Å². The summed E-state index contributed by atoms with van der Waals surface area (Å²) in [6.07, 6.45) is 1.88. The maximum absolute atomic E-state index is 12.5. The first-order valence-electron chi connectivity index (χ1n) is 6.31. The van der Waals surface area contributed by atoms with E-state index in [-0.39, 0.29) is 23.5 Å². The molecule has 2 aromatic rings. The van der Waals surface area contributed by atoms with E-state index < -0.39 is 0 Å². The van der Waals surface area contributed by atoms with Gasteiger partial charge in [0, 0.05) is 11.0 Å². The largest absolute Gasteiger partial charge is 0.379 e. The first kappa shape index (κ1) is 13.1. The standard InChI is InChI=1S/C13H13BrN4O2/c14-9-4-1-3-8(7-9)10-5-2-6-18(10)13(19)11-12(15)17-20-16-11/h1,3-4,7,10H,2,5-6H2,(H2,15,17). The molecule has 1 aromatic carbocycles. The van der Waals surface area contributed by atoms with E-state index in [4.69, 9.17) is 5.73 Å². The maximum atomic E-state index is 12.5. The molecule has 1 aromatic heterocycles. The van der Waals surface area contributed by atoms with Crippen LogP contribution in [0.25, 0.3) is 0 Å². The molecule has 0 radical (unpaired) electrons. The number of nitrogen functional groups attached to an aromatic ring is 1. The number of carbonyl (C=O) groups excluding carboxylic acids is 1. The first-order valence-corrected chi connectivity index (χ1v) is 7.10. The highest BCUT2D eigenvalue weighted by molar-refractivity contribution is 9.10. The fourth-order valence-electron chi connectivity index (χ4n) is 2.55. The number of benzene rings is 1. The average Bonchev–Trinajstić information content (AvgIpc) is 3.06. The Balaban J connectivity index is 1.90. The number of halogens is 1. The van der Waals surface area contributed by atoms with Crippen LogP contribution in [0.1, 0.15) is 34.9 Å². The molecular weight excluding hydrogens is 324 g/mol. The van der Waals surface area contributed by atoms with Crippen LogP contribution in [0.15, 0.2) is 33.4 Å². The van der Waals surface area contributed by atoms with E-state index in [0.29, 0.717) is 6.54 Å². The number of nitrogens with two attached hydrogens (primary N) is 1. The molecule has 0 saturated carbocycles. The summed E-state index contributed by atoms with van der Waals surface area (Å²) in [4.78, 5) is 14.2. The topological polar surface area (TPSA) is 85.2 Å². The van der Waals surface area contributed by atoms with Crippen LogP contribution >= 0.6 is 15.9 Å². The predicted octanol–water partition coefficient (Wildman–Crippen LogP) is 2.39. The summed E-state index contributed by atoms with van der Waals surface area (Å²) in [7, 11) is 0. The van der Waals surface area contributed by atoms with Gasteiger partial charge in [0.05, 0.1) is 6.04 Å². The molecule has 1 aliphatic rings. The quantitative estimate of drug-likeness (QED) is 0.909. The molecule has 1 aliphatic heterocycles. The van der Waals surface area contributed by atoms with Gasteiger partial charge < -0.3 is 10.6 Å². The van der Waals surface area contributed by atoms with E-state index in [9.17, 15) is 4.79 Å². The van der Waals surface area contributed by atoms with Gasteiger partial charge >= 0.3 is 0 Å². The van der Waals surface area contributed by atoms with Crippen molar-refractivity contribution in [2.24, 2.45) is 0 Å². The number of hydrogen-bond donors (Lipinski definition) is 1. The SMILES string of the molecule is Nc1nonc1C(=O)N1CCCC1c1cccc(Br)c1. The summed E-state index contributed by atoms with van der Waals surface area (Å²) < 4.78 is 5.50. The Bertz CT molecular complexity index is 643.